The van der Waals surface area contributed by atoms with Gasteiger partial charge in [-0.15, -0.1) is 0 Å². The number of halogens is 1. The van der Waals surface area contributed by atoms with Gasteiger partial charge in [-0.05, 0) is 48.2 Å². The van der Waals surface area contributed by atoms with Gasteiger partial charge >= 0.3 is 6.09 Å². The molecule has 2 aliphatic heterocycles. The van der Waals surface area contributed by atoms with Gasteiger partial charge in [-0.2, -0.15) is 0 Å². The molecule has 2 unspecified atom stereocenters. The van der Waals surface area contributed by atoms with Crippen LogP contribution in [0, 0.1) is 5.82 Å². The van der Waals surface area contributed by atoms with Crippen LogP contribution in [0.25, 0.3) is 0 Å². The van der Waals surface area contributed by atoms with Gasteiger partial charge in [0, 0.05) is 13.1 Å². The summed E-state index contributed by atoms with van der Waals surface area (Å²) in [5.74, 6) is -0.279. The van der Waals surface area contributed by atoms with E-state index in [-0.39, 0.29) is 24.1 Å². The molecular weight excluding hydrogens is 319 g/mol. The minimum atomic E-state index is -0.294. The smallest absolute Gasteiger partial charge is 0.410 e. The number of carbonyl (C=O) groups is 1. The van der Waals surface area contributed by atoms with Gasteiger partial charge in [-0.25, -0.2) is 9.18 Å². The van der Waals surface area contributed by atoms with Crippen LogP contribution in [0.1, 0.15) is 29.2 Å². The predicted molar refractivity (Wildman–Crippen MR) is 92.9 cm³/mol. The summed E-state index contributed by atoms with van der Waals surface area (Å²) in [7, 11) is 0. The molecule has 0 aromatic heterocycles. The van der Waals surface area contributed by atoms with Crippen LogP contribution in [0.4, 0.5) is 9.18 Å². The Morgan fingerprint density at radius 2 is 1.96 bits per heavy atom. The normalized spacial score (nSPS) is 22.5. The van der Waals surface area contributed by atoms with E-state index in [1.165, 1.54) is 17.7 Å². The van der Waals surface area contributed by atoms with E-state index in [4.69, 9.17) is 4.74 Å². The number of amides is 1. The number of ether oxygens (including phenoxy) is 1. The molecule has 0 spiro atoms. The molecule has 2 heterocycles. The van der Waals surface area contributed by atoms with E-state index in [1.54, 1.807) is 17.0 Å². The van der Waals surface area contributed by atoms with E-state index in [0.29, 0.717) is 13.1 Å². The van der Waals surface area contributed by atoms with Crippen molar-refractivity contribution in [2.75, 3.05) is 19.6 Å². The molecule has 2 aromatic carbocycles. The highest BCUT2D eigenvalue weighted by atomic mass is 19.1. The fourth-order valence-corrected chi connectivity index (χ4v) is 3.71. The molecule has 0 saturated carbocycles. The molecule has 0 aliphatic carbocycles. The fraction of sp³-hybridized carbons (Fsp3) is 0.350. The van der Waals surface area contributed by atoms with Crippen molar-refractivity contribution in [1.82, 2.24) is 10.2 Å². The van der Waals surface area contributed by atoms with Gasteiger partial charge in [-0.3, -0.25) is 4.90 Å². The molecule has 1 N–H and O–H groups in total. The van der Waals surface area contributed by atoms with Crippen LogP contribution in [-0.4, -0.2) is 36.7 Å². The SMILES string of the molecule is O=C(OC1CCNC1)N1CCc2ccccc2C1c1ccc(F)cc1. The molecule has 2 aliphatic rings. The number of rotatable bonds is 2. The molecule has 4 rings (SSSR count). The third kappa shape index (κ3) is 3.24. The Bertz CT molecular complexity index is 757. The molecule has 1 amide bonds. The van der Waals surface area contributed by atoms with Gasteiger partial charge in [0.2, 0.25) is 0 Å². The summed E-state index contributed by atoms with van der Waals surface area (Å²) in [5.41, 5.74) is 3.21. The number of benzene rings is 2. The maximum Gasteiger partial charge on any atom is 0.410 e. The van der Waals surface area contributed by atoms with Gasteiger partial charge in [0.15, 0.2) is 0 Å². The van der Waals surface area contributed by atoms with Gasteiger partial charge < -0.3 is 10.1 Å². The van der Waals surface area contributed by atoms with Gasteiger partial charge in [0.25, 0.3) is 0 Å². The van der Waals surface area contributed by atoms with Crippen molar-refractivity contribution in [1.29, 1.82) is 0 Å². The lowest BCUT2D eigenvalue weighted by molar-refractivity contribution is 0.0601. The van der Waals surface area contributed by atoms with Crippen molar-refractivity contribution in [2.24, 2.45) is 0 Å². The van der Waals surface area contributed by atoms with Crippen molar-refractivity contribution in [3.8, 4) is 0 Å². The Balaban J connectivity index is 1.67. The van der Waals surface area contributed by atoms with Crippen molar-refractivity contribution < 1.29 is 13.9 Å². The van der Waals surface area contributed by atoms with Crippen LogP contribution in [0.2, 0.25) is 0 Å². The molecule has 4 nitrogen and oxygen atoms in total. The van der Waals surface area contributed by atoms with E-state index in [0.717, 1.165) is 30.5 Å². The topological polar surface area (TPSA) is 41.6 Å². The van der Waals surface area contributed by atoms with Crippen LogP contribution in [-0.2, 0) is 11.2 Å². The maximum atomic E-state index is 13.4. The van der Waals surface area contributed by atoms with E-state index in [9.17, 15) is 9.18 Å². The highest BCUT2D eigenvalue weighted by Crippen LogP contribution is 2.35. The number of hydrogen-bond acceptors (Lipinski definition) is 3. The lowest BCUT2D eigenvalue weighted by atomic mass is 9.88. The molecule has 2 aromatic rings. The van der Waals surface area contributed by atoms with Crippen LogP contribution in [0.15, 0.2) is 48.5 Å². The highest BCUT2D eigenvalue weighted by molar-refractivity contribution is 5.70. The molecule has 0 bridgehead atoms. The zero-order chi connectivity index (χ0) is 17.2. The number of hydrogen-bond donors (Lipinski definition) is 1. The Kier molecular flexibility index (Phi) is 4.40. The highest BCUT2D eigenvalue weighted by Gasteiger charge is 2.34. The zero-order valence-corrected chi connectivity index (χ0v) is 14.0. The summed E-state index contributed by atoms with van der Waals surface area (Å²) in [4.78, 5) is 14.6. The number of nitrogens with one attached hydrogen (secondary N) is 1. The van der Waals surface area contributed by atoms with E-state index < -0.39 is 0 Å². The number of fused-ring (bicyclic) bond motifs is 1. The second-order valence-electron chi connectivity index (χ2n) is 6.59. The van der Waals surface area contributed by atoms with Crippen molar-refractivity contribution in [3.63, 3.8) is 0 Å². The van der Waals surface area contributed by atoms with Crippen LogP contribution in [0.5, 0.6) is 0 Å². The monoisotopic (exact) mass is 340 g/mol. The number of nitrogens with zero attached hydrogens (tertiary/aromatic N) is 1. The second kappa shape index (κ2) is 6.84. The fourth-order valence-electron chi connectivity index (χ4n) is 3.71. The molecule has 25 heavy (non-hydrogen) atoms. The van der Waals surface area contributed by atoms with Crippen LogP contribution < -0.4 is 5.32 Å². The lowest BCUT2D eigenvalue weighted by Crippen LogP contribution is -2.42. The molecule has 2 atom stereocenters. The minimum absolute atomic E-state index is 0.0708. The zero-order valence-electron chi connectivity index (χ0n) is 14.0. The summed E-state index contributed by atoms with van der Waals surface area (Å²) in [6.07, 6.45) is 1.28. The summed E-state index contributed by atoms with van der Waals surface area (Å²) in [5, 5.41) is 3.21. The molecule has 5 heteroatoms. The summed E-state index contributed by atoms with van der Waals surface area (Å²) in [6, 6.07) is 14.3. The first-order valence-electron chi connectivity index (χ1n) is 8.73. The van der Waals surface area contributed by atoms with E-state index >= 15 is 0 Å². The molecule has 1 saturated heterocycles. The van der Waals surface area contributed by atoms with Crippen molar-refractivity contribution >= 4 is 6.09 Å². The van der Waals surface area contributed by atoms with Crippen molar-refractivity contribution in [3.05, 3.63) is 71.0 Å². The van der Waals surface area contributed by atoms with Crippen LogP contribution in [0.3, 0.4) is 0 Å². The molecule has 1 fully saturated rings. The minimum Gasteiger partial charge on any atom is -0.445 e. The first-order valence-corrected chi connectivity index (χ1v) is 8.73. The third-order valence-electron chi connectivity index (χ3n) is 4.99. The summed E-state index contributed by atoms with van der Waals surface area (Å²) < 4.78 is 19.1. The third-order valence-corrected chi connectivity index (χ3v) is 4.99. The second-order valence-corrected chi connectivity index (χ2v) is 6.59. The van der Waals surface area contributed by atoms with Crippen molar-refractivity contribution in [2.45, 2.75) is 25.0 Å². The Morgan fingerprint density at radius 1 is 1.16 bits per heavy atom. The Labute approximate surface area is 146 Å². The maximum absolute atomic E-state index is 13.4. The Hall–Kier alpha value is -2.40. The van der Waals surface area contributed by atoms with Gasteiger partial charge in [0.1, 0.15) is 11.9 Å². The average Bonchev–Trinajstić information content (AvgIpc) is 3.14. The quantitative estimate of drug-likeness (QED) is 0.912. The predicted octanol–water partition coefficient (Wildman–Crippen LogP) is 3.27. The first kappa shape index (κ1) is 16.1. The number of carbonyl (C=O) groups excluding carboxylic acids is 1. The Morgan fingerprint density at radius 3 is 2.72 bits per heavy atom. The summed E-state index contributed by atoms with van der Waals surface area (Å²) >= 11 is 0. The molecule has 130 valence electrons. The average molecular weight is 340 g/mol. The van der Waals surface area contributed by atoms with E-state index in [2.05, 4.69) is 11.4 Å². The first-order chi connectivity index (χ1) is 12.2. The largest absolute Gasteiger partial charge is 0.445 e. The lowest BCUT2D eigenvalue weighted by Gasteiger charge is -2.37. The van der Waals surface area contributed by atoms with Gasteiger partial charge in [0.05, 0.1) is 6.04 Å². The van der Waals surface area contributed by atoms with Crippen LogP contribution >= 0.6 is 0 Å². The molecular formula is C20H21FN2O2. The standard InChI is InChI=1S/C20H21FN2O2/c21-16-7-5-15(6-8-16)19-18-4-2-1-3-14(18)10-12-23(19)20(24)25-17-9-11-22-13-17/h1-8,17,19,22H,9-13H2. The van der Waals surface area contributed by atoms with Gasteiger partial charge in [-0.1, -0.05) is 36.4 Å². The summed E-state index contributed by atoms with van der Waals surface area (Å²) in [6.45, 7) is 2.18. The molecule has 0 radical (unpaired) electrons. The van der Waals surface area contributed by atoms with E-state index in [1.807, 2.05) is 18.2 Å².